The summed E-state index contributed by atoms with van der Waals surface area (Å²) in [5, 5.41) is 2.37. The molecule has 16 heavy (non-hydrogen) atoms. The fourth-order valence-corrected chi connectivity index (χ4v) is 1.07. The third kappa shape index (κ3) is 2.88. The average molecular weight is 232 g/mol. The zero-order chi connectivity index (χ0) is 12.3. The van der Waals surface area contributed by atoms with Crippen molar-refractivity contribution in [2.24, 2.45) is 11.7 Å². The highest BCUT2D eigenvalue weighted by molar-refractivity contribution is 5.76. The standard InChI is InChI=1S/C10H11F3N2O/c1-5(10(14)16)4-15-9-7(12)2-6(11)3-8(9)13/h2-3,5,15H,4H2,1H3,(H2,14,16). The molecule has 0 spiro atoms. The van der Waals surface area contributed by atoms with Gasteiger partial charge in [-0.05, 0) is 0 Å². The molecule has 1 atom stereocenters. The average Bonchev–Trinajstić information content (AvgIpc) is 2.15. The van der Waals surface area contributed by atoms with E-state index in [0.29, 0.717) is 12.1 Å². The number of nitrogens with one attached hydrogen (secondary N) is 1. The fraction of sp³-hybridized carbons (Fsp3) is 0.300. The molecule has 0 saturated carbocycles. The minimum Gasteiger partial charge on any atom is -0.380 e. The van der Waals surface area contributed by atoms with Crippen molar-refractivity contribution in [2.45, 2.75) is 6.92 Å². The van der Waals surface area contributed by atoms with E-state index in [0.717, 1.165) is 0 Å². The van der Waals surface area contributed by atoms with Crippen LogP contribution in [0.4, 0.5) is 18.9 Å². The van der Waals surface area contributed by atoms with Crippen LogP contribution in [0.15, 0.2) is 12.1 Å². The number of carbonyl (C=O) groups excluding carboxylic acids is 1. The Balaban J connectivity index is 2.78. The molecular formula is C10H11F3N2O. The van der Waals surface area contributed by atoms with Gasteiger partial charge in [0.25, 0.3) is 0 Å². The van der Waals surface area contributed by atoms with E-state index in [1.807, 2.05) is 0 Å². The van der Waals surface area contributed by atoms with Crippen LogP contribution >= 0.6 is 0 Å². The maximum atomic E-state index is 13.1. The van der Waals surface area contributed by atoms with Gasteiger partial charge in [0.15, 0.2) is 11.6 Å². The van der Waals surface area contributed by atoms with Gasteiger partial charge in [0, 0.05) is 18.7 Å². The van der Waals surface area contributed by atoms with E-state index in [4.69, 9.17) is 5.73 Å². The summed E-state index contributed by atoms with van der Waals surface area (Å²) in [6, 6.07) is 1.11. The Morgan fingerprint density at radius 2 is 1.88 bits per heavy atom. The lowest BCUT2D eigenvalue weighted by atomic mass is 10.1. The molecule has 3 nitrogen and oxygen atoms in total. The predicted octanol–water partition coefficient (Wildman–Crippen LogP) is 1.64. The number of rotatable bonds is 4. The number of carbonyl (C=O) groups is 1. The van der Waals surface area contributed by atoms with Crippen LogP contribution in [0, 0.1) is 23.4 Å². The smallest absolute Gasteiger partial charge is 0.222 e. The molecule has 1 aromatic carbocycles. The molecule has 1 aromatic rings. The highest BCUT2D eigenvalue weighted by Crippen LogP contribution is 2.20. The summed E-state index contributed by atoms with van der Waals surface area (Å²) in [4.78, 5) is 10.7. The molecule has 1 rings (SSSR count). The number of anilines is 1. The summed E-state index contributed by atoms with van der Waals surface area (Å²) in [7, 11) is 0. The molecule has 0 aliphatic rings. The maximum absolute atomic E-state index is 13.1. The van der Waals surface area contributed by atoms with Gasteiger partial charge in [-0.25, -0.2) is 13.2 Å². The third-order valence-electron chi connectivity index (χ3n) is 2.08. The topological polar surface area (TPSA) is 55.1 Å². The molecular weight excluding hydrogens is 221 g/mol. The quantitative estimate of drug-likeness (QED) is 0.829. The summed E-state index contributed by atoms with van der Waals surface area (Å²) < 4.78 is 38.8. The summed E-state index contributed by atoms with van der Waals surface area (Å²) in [6.45, 7) is 1.49. The number of benzene rings is 1. The lowest BCUT2D eigenvalue weighted by molar-refractivity contribution is -0.120. The zero-order valence-corrected chi connectivity index (χ0v) is 8.56. The van der Waals surface area contributed by atoms with Gasteiger partial charge in [-0.2, -0.15) is 0 Å². The van der Waals surface area contributed by atoms with Gasteiger partial charge in [0.1, 0.15) is 11.5 Å². The van der Waals surface area contributed by atoms with E-state index < -0.39 is 35.0 Å². The second-order valence-electron chi connectivity index (χ2n) is 3.43. The van der Waals surface area contributed by atoms with Gasteiger partial charge < -0.3 is 11.1 Å². The Labute approximate surface area is 90.4 Å². The lowest BCUT2D eigenvalue weighted by Crippen LogP contribution is -2.27. The molecule has 0 fully saturated rings. The van der Waals surface area contributed by atoms with Gasteiger partial charge in [-0.3, -0.25) is 4.79 Å². The van der Waals surface area contributed by atoms with Crippen LogP contribution in [-0.4, -0.2) is 12.5 Å². The lowest BCUT2D eigenvalue weighted by Gasteiger charge is -2.11. The van der Waals surface area contributed by atoms with E-state index in [1.54, 1.807) is 0 Å². The molecule has 1 unspecified atom stereocenters. The Hall–Kier alpha value is -1.72. The maximum Gasteiger partial charge on any atom is 0.222 e. The van der Waals surface area contributed by atoms with Crippen LogP contribution in [-0.2, 0) is 4.79 Å². The molecule has 1 amide bonds. The van der Waals surface area contributed by atoms with Crippen LogP contribution in [0.25, 0.3) is 0 Å². The monoisotopic (exact) mass is 232 g/mol. The SMILES string of the molecule is CC(CNc1c(F)cc(F)cc1F)C(N)=O. The molecule has 0 bridgehead atoms. The van der Waals surface area contributed by atoms with Crippen molar-refractivity contribution in [3.05, 3.63) is 29.6 Å². The largest absolute Gasteiger partial charge is 0.380 e. The van der Waals surface area contributed by atoms with Gasteiger partial charge in [-0.1, -0.05) is 6.92 Å². The van der Waals surface area contributed by atoms with Crippen molar-refractivity contribution in [1.29, 1.82) is 0 Å². The second kappa shape index (κ2) is 4.87. The number of halogens is 3. The number of primary amides is 1. The normalized spacial score (nSPS) is 12.2. The first-order valence-electron chi connectivity index (χ1n) is 4.59. The van der Waals surface area contributed by atoms with E-state index in [1.165, 1.54) is 6.92 Å². The number of amides is 1. The third-order valence-corrected chi connectivity index (χ3v) is 2.08. The minimum absolute atomic E-state index is 0.0190. The Bertz CT molecular complexity index is 386. The van der Waals surface area contributed by atoms with Crippen molar-refractivity contribution >= 4 is 11.6 Å². The van der Waals surface area contributed by atoms with Crippen molar-refractivity contribution < 1.29 is 18.0 Å². The molecule has 0 heterocycles. The molecule has 0 aromatic heterocycles. The van der Waals surface area contributed by atoms with Crippen LogP contribution < -0.4 is 11.1 Å². The molecule has 3 N–H and O–H groups in total. The summed E-state index contributed by atoms with van der Waals surface area (Å²) in [5.74, 6) is -4.26. The predicted molar refractivity (Wildman–Crippen MR) is 53.2 cm³/mol. The summed E-state index contributed by atoms with van der Waals surface area (Å²) in [5.41, 5.74) is 4.51. The van der Waals surface area contributed by atoms with E-state index >= 15 is 0 Å². The minimum atomic E-state index is -1.05. The molecule has 0 aliphatic heterocycles. The number of nitrogens with two attached hydrogens (primary N) is 1. The van der Waals surface area contributed by atoms with Crippen LogP contribution in [0.5, 0.6) is 0 Å². The first-order chi connectivity index (χ1) is 7.41. The highest BCUT2D eigenvalue weighted by Gasteiger charge is 2.14. The van der Waals surface area contributed by atoms with Crippen molar-refractivity contribution in [1.82, 2.24) is 0 Å². The van der Waals surface area contributed by atoms with Crippen LogP contribution in [0.3, 0.4) is 0 Å². The first-order valence-corrected chi connectivity index (χ1v) is 4.59. The summed E-state index contributed by atoms with van der Waals surface area (Å²) >= 11 is 0. The van der Waals surface area contributed by atoms with E-state index in [2.05, 4.69) is 5.32 Å². The van der Waals surface area contributed by atoms with Gasteiger partial charge in [0.05, 0.1) is 5.92 Å². The Morgan fingerprint density at radius 1 is 1.38 bits per heavy atom. The molecule has 6 heteroatoms. The summed E-state index contributed by atoms with van der Waals surface area (Å²) in [6.07, 6.45) is 0. The second-order valence-corrected chi connectivity index (χ2v) is 3.43. The molecule has 0 saturated heterocycles. The zero-order valence-electron chi connectivity index (χ0n) is 8.56. The first kappa shape index (κ1) is 12.4. The molecule has 0 radical (unpaired) electrons. The Morgan fingerprint density at radius 3 is 2.31 bits per heavy atom. The van der Waals surface area contributed by atoms with E-state index in [9.17, 15) is 18.0 Å². The van der Waals surface area contributed by atoms with Crippen LogP contribution in [0.2, 0.25) is 0 Å². The van der Waals surface area contributed by atoms with Gasteiger partial charge in [-0.15, -0.1) is 0 Å². The van der Waals surface area contributed by atoms with Gasteiger partial charge in [0.2, 0.25) is 5.91 Å². The molecule has 0 aliphatic carbocycles. The number of hydrogen-bond donors (Lipinski definition) is 2. The van der Waals surface area contributed by atoms with Crippen LogP contribution in [0.1, 0.15) is 6.92 Å². The van der Waals surface area contributed by atoms with Crippen molar-refractivity contribution in [3.8, 4) is 0 Å². The fourth-order valence-electron chi connectivity index (χ4n) is 1.07. The number of hydrogen-bond acceptors (Lipinski definition) is 2. The van der Waals surface area contributed by atoms with Crippen molar-refractivity contribution in [3.63, 3.8) is 0 Å². The van der Waals surface area contributed by atoms with Gasteiger partial charge >= 0.3 is 0 Å². The highest BCUT2D eigenvalue weighted by atomic mass is 19.1. The van der Waals surface area contributed by atoms with Crippen molar-refractivity contribution in [2.75, 3.05) is 11.9 Å². The van der Waals surface area contributed by atoms with E-state index in [-0.39, 0.29) is 6.54 Å². The molecule has 88 valence electrons. The Kier molecular flexibility index (Phi) is 3.76.